The van der Waals surface area contributed by atoms with Crippen molar-refractivity contribution in [2.45, 2.75) is 76.9 Å². The molecule has 1 N–H and O–H groups in total. The number of hydrogen-bond donors (Lipinski definition) is 1. The van der Waals surface area contributed by atoms with Gasteiger partial charge in [-0.3, -0.25) is 9.59 Å². The lowest BCUT2D eigenvalue weighted by Crippen LogP contribution is -2.51. The molecule has 2 aromatic rings. The van der Waals surface area contributed by atoms with Crippen LogP contribution in [0.1, 0.15) is 63.0 Å². The molecule has 0 saturated heterocycles. The zero-order chi connectivity index (χ0) is 23.9. The molecule has 2 amide bonds. The van der Waals surface area contributed by atoms with E-state index in [0.717, 1.165) is 36.8 Å². The monoisotopic (exact) mass is 468 g/mol. The Balaban J connectivity index is 1.47. The zero-order valence-electron chi connectivity index (χ0n) is 19.7. The highest BCUT2D eigenvalue weighted by Gasteiger charge is 2.30. The van der Waals surface area contributed by atoms with Crippen molar-refractivity contribution >= 4 is 11.8 Å². The second kappa shape index (κ2) is 11.4. The van der Waals surface area contributed by atoms with Gasteiger partial charge >= 0.3 is 0 Å². The van der Waals surface area contributed by atoms with Crippen LogP contribution in [0.25, 0.3) is 0 Å². The molecule has 1 atom stereocenters. The number of fused-ring (bicyclic) bond motifs is 1. The van der Waals surface area contributed by atoms with Crippen molar-refractivity contribution in [2.75, 3.05) is 6.79 Å². The summed E-state index contributed by atoms with van der Waals surface area (Å²) in [6.45, 7) is 2.39. The number of rotatable bonds is 9. The summed E-state index contributed by atoms with van der Waals surface area (Å²) >= 11 is 0. The minimum atomic E-state index is -0.573. The maximum Gasteiger partial charge on any atom is 0.243 e. The molecule has 6 nitrogen and oxygen atoms in total. The third-order valence-corrected chi connectivity index (χ3v) is 6.67. The second-order valence-electron chi connectivity index (χ2n) is 9.10. The second-order valence-corrected chi connectivity index (χ2v) is 9.10. The van der Waals surface area contributed by atoms with Gasteiger partial charge in [-0.05, 0) is 61.1 Å². The van der Waals surface area contributed by atoms with Gasteiger partial charge in [-0.25, -0.2) is 4.39 Å². The van der Waals surface area contributed by atoms with E-state index >= 15 is 0 Å². The van der Waals surface area contributed by atoms with Crippen molar-refractivity contribution in [1.82, 2.24) is 10.2 Å². The number of nitrogens with zero attached hydrogens (tertiary/aromatic N) is 1. The van der Waals surface area contributed by atoms with E-state index in [1.54, 1.807) is 17.0 Å². The van der Waals surface area contributed by atoms with Crippen LogP contribution in [-0.2, 0) is 22.6 Å². The Bertz CT molecular complexity index is 989. The number of halogens is 1. The van der Waals surface area contributed by atoms with Gasteiger partial charge in [0, 0.05) is 19.0 Å². The summed E-state index contributed by atoms with van der Waals surface area (Å²) in [6, 6.07) is 11.4. The van der Waals surface area contributed by atoms with E-state index in [9.17, 15) is 14.0 Å². The number of carbonyl (C=O) groups excluding carboxylic acids is 2. The lowest BCUT2D eigenvalue weighted by atomic mass is 9.95. The van der Waals surface area contributed by atoms with E-state index in [-0.39, 0.29) is 43.4 Å². The van der Waals surface area contributed by atoms with Crippen LogP contribution in [0.15, 0.2) is 42.5 Å². The van der Waals surface area contributed by atoms with Gasteiger partial charge in [0.05, 0.1) is 0 Å². The average molecular weight is 469 g/mol. The van der Waals surface area contributed by atoms with E-state index in [2.05, 4.69) is 5.32 Å². The molecular weight excluding hydrogens is 435 g/mol. The molecule has 1 aliphatic heterocycles. The number of ether oxygens (including phenoxy) is 2. The molecule has 182 valence electrons. The summed E-state index contributed by atoms with van der Waals surface area (Å²) in [5.74, 6) is 0.858. The summed E-state index contributed by atoms with van der Waals surface area (Å²) in [6.07, 6.45) is 6.71. The highest BCUT2D eigenvalue weighted by molar-refractivity contribution is 5.88. The van der Waals surface area contributed by atoms with Gasteiger partial charge in [0.2, 0.25) is 18.6 Å². The van der Waals surface area contributed by atoms with Crippen LogP contribution in [0.5, 0.6) is 11.5 Å². The Morgan fingerprint density at radius 2 is 1.74 bits per heavy atom. The SMILES string of the molecule is CC[C@@H](C(=O)NC1CCCCC1)N(Cc1ccc(F)cc1)C(=O)CCc1ccc2c(c1)OCO2. The number of aryl methyl sites for hydroxylation is 1. The molecule has 34 heavy (non-hydrogen) atoms. The molecule has 1 saturated carbocycles. The van der Waals surface area contributed by atoms with Gasteiger partial charge in [-0.2, -0.15) is 0 Å². The summed E-state index contributed by atoms with van der Waals surface area (Å²) in [5, 5.41) is 3.18. The van der Waals surface area contributed by atoms with Crippen molar-refractivity contribution in [1.29, 1.82) is 0 Å². The predicted molar refractivity (Wildman–Crippen MR) is 127 cm³/mol. The molecule has 1 fully saturated rings. The first kappa shape index (κ1) is 24.0. The molecule has 7 heteroatoms. The molecule has 4 rings (SSSR count). The maximum atomic E-state index is 13.4. The third-order valence-electron chi connectivity index (χ3n) is 6.67. The largest absolute Gasteiger partial charge is 0.454 e. The molecular formula is C27H33FN2O4. The first-order valence-corrected chi connectivity index (χ1v) is 12.3. The van der Waals surface area contributed by atoms with Crippen molar-refractivity contribution in [2.24, 2.45) is 0 Å². The van der Waals surface area contributed by atoms with Crippen molar-refractivity contribution in [3.05, 3.63) is 59.4 Å². The van der Waals surface area contributed by atoms with Crippen LogP contribution in [0.3, 0.4) is 0 Å². The summed E-state index contributed by atoms with van der Waals surface area (Å²) in [7, 11) is 0. The normalized spacial score (nSPS) is 16.2. The number of hydrogen-bond acceptors (Lipinski definition) is 4. The minimum absolute atomic E-state index is 0.104. The quantitative estimate of drug-likeness (QED) is 0.577. The molecule has 1 aliphatic carbocycles. The topological polar surface area (TPSA) is 67.9 Å². The van der Waals surface area contributed by atoms with E-state index in [0.29, 0.717) is 24.3 Å². The number of amides is 2. The molecule has 0 spiro atoms. The summed E-state index contributed by atoms with van der Waals surface area (Å²) in [5.41, 5.74) is 1.76. The van der Waals surface area contributed by atoms with Crippen LogP contribution in [0.4, 0.5) is 4.39 Å². The van der Waals surface area contributed by atoms with Crippen molar-refractivity contribution < 1.29 is 23.5 Å². The van der Waals surface area contributed by atoms with Crippen LogP contribution in [0.2, 0.25) is 0 Å². The van der Waals surface area contributed by atoms with Gasteiger partial charge in [0.1, 0.15) is 11.9 Å². The molecule has 2 aliphatic rings. The number of nitrogens with one attached hydrogen (secondary N) is 1. The van der Waals surface area contributed by atoms with Gasteiger partial charge < -0.3 is 19.7 Å². The average Bonchev–Trinajstić information content (AvgIpc) is 3.32. The smallest absolute Gasteiger partial charge is 0.243 e. The Morgan fingerprint density at radius 3 is 2.47 bits per heavy atom. The fourth-order valence-corrected chi connectivity index (χ4v) is 4.74. The standard InChI is InChI=1S/C27H33FN2O4/c1-2-23(27(32)29-22-6-4-3-5-7-22)30(17-20-8-12-21(28)13-9-20)26(31)15-11-19-10-14-24-25(16-19)34-18-33-24/h8-10,12-14,16,22-23H,2-7,11,15,17-18H2,1H3,(H,29,32)/t23-/m0/s1. The molecule has 0 aromatic heterocycles. The number of benzene rings is 2. The molecule has 0 bridgehead atoms. The van der Waals surface area contributed by atoms with Crippen molar-refractivity contribution in [3.8, 4) is 11.5 Å². The Labute approximate surface area is 200 Å². The minimum Gasteiger partial charge on any atom is -0.454 e. The Kier molecular flexibility index (Phi) is 8.03. The van der Waals surface area contributed by atoms with Gasteiger partial charge in [0.15, 0.2) is 11.5 Å². The zero-order valence-corrected chi connectivity index (χ0v) is 19.7. The molecule has 1 heterocycles. The first-order valence-electron chi connectivity index (χ1n) is 12.3. The van der Waals surface area contributed by atoms with E-state index in [1.807, 2.05) is 25.1 Å². The van der Waals surface area contributed by atoms with Gasteiger partial charge in [-0.1, -0.05) is 44.4 Å². The molecule has 0 unspecified atom stereocenters. The molecule has 2 aromatic carbocycles. The summed E-state index contributed by atoms with van der Waals surface area (Å²) < 4.78 is 24.2. The highest BCUT2D eigenvalue weighted by atomic mass is 19.1. The van der Waals surface area contributed by atoms with Gasteiger partial charge in [0.25, 0.3) is 0 Å². The third kappa shape index (κ3) is 6.07. The lowest BCUT2D eigenvalue weighted by molar-refractivity contribution is -0.141. The lowest BCUT2D eigenvalue weighted by Gasteiger charge is -2.33. The van der Waals surface area contributed by atoms with Crippen LogP contribution in [0, 0.1) is 5.82 Å². The van der Waals surface area contributed by atoms with E-state index in [4.69, 9.17) is 9.47 Å². The summed E-state index contributed by atoms with van der Waals surface area (Å²) in [4.78, 5) is 28.3. The van der Waals surface area contributed by atoms with Crippen molar-refractivity contribution in [3.63, 3.8) is 0 Å². The van der Waals surface area contributed by atoms with E-state index < -0.39 is 6.04 Å². The Morgan fingerprint density at radius 1 is 1.03 bits per heavy atom. The first-order chi connectivity index (χ1) is 16.5. The van der Waals surface area contributed by atoms with Crippen LogP contribution >= 0.6 is 0 Å². The van der Waals surface area contributed by atoms with Gasteiger partial charge in [-0.15, -0.1) is 0 Å². The fraction of sp³-hybridized carbons (Fsp3) is 0.481. The Hall–Kier alpha value is -3.09. The maximum absolute atomic E-state index is 13.4. The highest BCUT2D eigenvalue weighted by Crippen LogP contribution is 2.33. The fourth-order valence-electron chi connectivity index (χ4n) is 4.74. The van der Waals surface area contributed by atoms with Crippen LogP contribution < -0.4 is 14.8 Å². The number of carbonyl (C=O) groups is 2. The molecule has 0 radical (unpaired) electrons. The van der Waals surface area contributed by atoms with Crippen LogP contribution in [-0.4, -0.2) is 35.6 Å². The van der Waals surface area contributed by atoms with E-state index in [1.165, 1.54) is 18.6 Å². The predicted octanol–water partition coefficient (Wildman–Crippen LogP) is 4.74.